The molecule has 4 rings (SSSR count). The quantitative estimate of drug-likeness (QED) is 0.403. The summed E-state index contributed by atoms with van der Waals surface area (Å²) in [5, 5.41) is 24.7. The van der Waals surface area contributed by atoms with Crippen molar-refractivity contribution >= 4 is 11.7 Å². The fourth-order valence-electron chi connectivity index (χ4n) is 4.60. The van der Waals surface area contributed by atoms with Crippen LogP contribution < -0.4 is 25.6 Å². The van der Waals surface area contributed by atoms with E-state index in [0.717, 1.165) is 5.56 Å². The topological polar surface area (TPSA) is 135 Å². The van der Waals surface area contributed by atoms with Gasteiger partial charge in [0.05, 0.1) is 37.3 Å². The number of carboxylic acids is 1. The van der Waals surface area contributed by atoms with Gasteiger partial charge in [-0.05, 0) is 18.1 Å². The normalized spacial score (nSPS) is 27.4. The Hall–Kier alpha value is -3.21. The zero-order valence-corrected chi connectivity index (χ0v) is 17.1. The average molecular weight is 428 g/mol. The Kier molecular flexibility index (Phi) is 5.77. The monoisotopic (exact) mass is 428 g/mol. The third kappa shape index (κ3) is 3.92. The minimum atomic E-state index is -0.907. The van der Waals surface area contributed by atoms with Crippen molar-refractivity contribution in [2.24, 2.45) is 11.8 Å². The van der Waals surface area contributed by atoms with Gasteiger partial charge in [0.25, 0.3) is 5.69 Å². The van der Waals surface area contributed by atoms with Crippen LogP contribution >= 0.6 is 0 Å². The second-order valence-electron chi connectivity index (χ2n) is 7.68. The first-order chi connectivity index (χ1) is 14.9. The molecule has 2 saturated heterocycles. The summed E-state index contributed by atoms with van der Waals surface area (Å²) >= 11 is 0. The molecule has 0 bridgehead atoms. The molecule has 164 valence electrons. The molecule has 2 fully saturated rings. The van der Waals surface area contributed by atoms with E-state index in [1.807, 2.05) is 12.1 Å². The van der Waals surface area contributed by atoms with Crippen LogP contribution in [0.1, 0.15) is 29.6 Å². The molecule has 10 nitrogen and oxygen atoms in total. The summed E-state index contributed by atoms with van der Waals surface area (Å²) in [6.07, 6.45) is -0.00975. The standard InChI is InChI=1S/C21H24N4O6/c1-30-13-6-7-14(17(9-13)31-2)16-10-15(21(26)27)18-19(23-24-20(18)22-16)11-4-3-5-12(8-11)25(28)29/h3-9,15-16,18-20,22-24H,10H2,1-2H3,(H,26,27). The molecule has 5 atom stereocenters. The summed E-state index contributed by atoms with van der Waals surface area (Å²) in [5.41, 5.74) is 7.76. The first-order valence-corrected chi connectivity index (χ1v) is 9.89. The number of carbonyl (C=O) groups is 1. The molecule has 0 aromatic heterocycles. The smallest absolute Gasteiger partial charge is 0.307 e. The van der Waals surface area contributed by atoms with Gasteiger partial charge >= 0.3 is 5.97 Å². The zero-order chi connectivity index (χ0) is 22.1. The van der Waals surface area contributed by atoms with Gasteiger partial charge in [0.2, 0.25) is 0 Å². The minimum Gasteiger partial charge on any atom is -0.497 e. The lowest BCUT2D eigenvalue weighted by Crippen LogP contribution is -2.53. The number of nitrogens with one attached hydrogen (secondary N) is 3. The molecular formula is C21H24N4O6. The predicted octanol–water partition coefficient (Wildman–Crippen LogP) is 2.14. The molecule has 4 N–H and O–H groups in total. The van der Waals surface area contributed by atoms with E-state index in [2.05, 4.69) is 16.2 Å². The Bertz CT molecular complexity index is 1000. The largest absolute Gasteiger partial charge is 0.497 e. The first-order valence-electron chi connectivity index (χ1n) is 9.89. The highest BCUT2D eigenvalue weighted by Crippen LogP contribution is 2.44. The van der Waals surface area contributed by atoms with Gasteiger partial charge in [0.15, 0.2) is 0 Å². The van der Waals surface area contributed by atoms with Gasteiger partial charge in [-0.1, -0.05) is 18.2 Å². The summed E-state index contributed by atoms with van der Waals surface area (Å²) in [5.74, 6) is -0.680. The molecule has 0 aliphatic carbocycles. The number of nitrogens with zero attached hydrogens (tertiary/aromatic N) is 1. The summed E-state index contributed by atoms with van der Waals surface area (Å²) in [6, 6.07) is 11.1. The van der Waals surface area contributed by atoms with E-state index in [1.54, 1.807) is 32.4 Å². The van der Waals surface area contributed by atoms with Crippen LogP contribution in [0, 0.1) is 22.0 Å². The van der Waals surface area contributed by atoms with Crippen LogP contribution in [0.25, 0.3) is 0 Å². The summed E-state index contributed by atoms with van der Waals surface area (Å²) in [7, 11) is 3.13. The molecule has 0 amide bonds. The van der Waals surface area contributed by atoms with Crippen LogP contribution in [0.2, 0.25) is 0 Å². The van der Waals surface area contributed by atoms with Crippen LogP contribution in [-0.4, -0.2) is 36.4 Å². The fourth-order valence-corrected chi connectivity index (χ4v) is 4.60. The Morgan fingerprint density at radius 1 is 1.16 bits per heavy atom. The lowest BCUT2D eigenvalue weighted by molar-refractivity contribution is -0.384. The maximum Gasteiger partial charge on any atom is 0.307 e. The lowest BCUT2D eigenvalue weighted by Gasteiger charge is -2.39. The number of hydrogen-bond donors (Lipinski definition) is 4. The Morgan fingerprint density at radius 2 is 1.97 bits per heavy atom. The zero-order valence-electron chi connectivity index (χ0n) is 17.1. The van der Waals surface area contributed by atoms with Crippen molar-refractivity contribution in [1.29, 1.82) is 0 Å². The SMILES string of the molecule is COc1ccc(C2CC(C(=O)O)C3C(NNC3c3cccc([N+](=O)[O-])c3)N2)c(OC)c1. The molecule has 2 heterocycles. The number of methoxy groups -OCH3 is 2. The highest BCUT2D eigenvalue weighted by Gasteiger charge is 2.49. The van der Waals surface area contributed by atoms with Crippen molar-refractivity contribution < 1.29 is 24.3 Å². The van der Waals surface area contributed by atoms with E-state index in [4.69, 9.17) is 9.47 Å². The molecule has 5 unspecified atom stereocenters. The second kappa shape index (κ2) is 8.50. The average Bonchev–Trinajstić information content (AvgIpc) is 3.21. The summed E-state index contributed by atoms with van der Waals surface area (Å²) in [6.45, 7) is 0. The first kappa shape index (κ1) is 21.0. The molecule has 2 aliphatic heterocycles. The Labute approximate surface area is 178 Å². The van der Waals surface area contributed by atoms with Gasteiger partial charge in [0.1, 0.15) is 11.5 Å². The van der Waals surface area contributed by atoms with Gasteiger partial charge in [-0.15, -0.1) is 0 Å². The van der Waals surface area contributed by atoms with Crippen molar-refractivity contribution in [3.05, 3.63) is 63.7 Å². The summed E-state index contributed by atoms with van der Waals surface area (Å²) < 4.78 is 10.8. The Morgan fingerprint density at radius 3 is 2.65 bits per heavy atom. The number of piperidine rings is 1. The van der Waals surface area contributed by atoms with Crippen molar-refractivity contribution in [3.63, 3.8) is 0 Å². The van der Waals surface area contributed by atoms with E-state index in [1.165, 1.54) is 12.1 Å². The molecule has 10 heteroatoms. The third-order valence-electron chi connectivity index (χ3n) is 6.07. The van der Waals surface area contributed by atoms with Crippen molar-refractivity contribution in [2.75, 3.05) is 14.2 Å². The molecule has 2 aromatic carbocycles. The molecule has 2 aliphatic rings. The number of carboxylic acid groups (broad SMARTS) is 1. The van der Waals surface area contributed by atoms with Gasteiger partial charge in [-0.3, -0.25) is 20.2 Å². The number of nitro groups is 1. The lowest BCUT2D eigenvalue weighted by atomic mass is 9.74. The van der Waals surface area contributed by atoms with Crippen molar-refractivity contribution in [2.45, 2.75) is 24.7 Å². The number of non-ortho nitro benzene ring substituents is 1. The van der Waals surface area contributed by atoms with Crippen molar-refractivity contribution in [3.8, 4) is 11.5 Å². The highest BCUT2D eigenvalue weighted by molar-refractivity contribution is 5.71. The van der Waals surface area contributed by atoms with Crippen LogP contribution in [0.5, 0.6) is 11.5 Å². The van der Waals surface area contributed by atoms with Gasteiger partial charge in [-0.25, -0.2) is 10.9 Å². The highest BCUT2D eigenvalue weighted by atomic mass is 16.6. The van der Waals surface area contributed by atoms with Crippen LogP contribution in [0.4, 0.5) is 5.69 Å². The Balaban J connectivity index is 1.64. The predicted molar refractivity (Wildman–Crippen MR) is 111 cm³/mol. The number of rotatable bonds is 6. The number of nitro benzene ring substituents is 1. The molecule has 0 spiro atoms. The third-order valence-corrected chi connectivity index (χ3v) is 6.07. The number of benzene rings is 2. The van der Waals surface area contributed by atoms with E-state index in [9.17, 15) is 20.0 Å². The molecular weight excluding hydrogens is 404 g/mol. The molecule has 31 heavy (non-hydrogen) atoms. The van der Waals surface area contributed by atoms with Crippen molar-refractivity contribution in [1.82, 2.24) is 16.2 Å². The van der Waals surface area contributed by atoms with Gasteiger partial charge < -0.3 is 14.6 Å². The molecule has 0 radical (unpaired) electrons. The maximum atomic E-state index is 12.2. The second-order valence-corrected chi connectivity index (χ2v) is 7.68. The number of aliphatic carboxylic acids is 1. The number of hydrogen-bond acceptors (Lipinski definition) is 8. The molecule has 2 aromatic rings. The van der Waals surface area contributed by atoms with Crippen LogP contribution in [0.3, 0.4) is 0 Å². The van der Waals surface area contributed by atoms with E-state index in [-0.39, 0.29) is 23.8 Å². The van der Waals surface area contributed by atoms with Gasteiger partial charge in [-0.2, -0.15) is 0 Å². The van der Waals surface area contributed by atoms with E-state index < -0.39 is 22.9 Å². The number of fused-ring (bicyclic) bond motifs is 1. The van der Waals surface area contributed by atoms with Crippen LogP contribution in [0.15, 0.2) is 42.5 Å². The van der Waals surface area contributed by atoms with E-state index in [0.29, 0.717) is 23.5 Å². The van der Waals surface area contributed by atoms with Gasteiger partial charge in [0, 0.05) is 35.7 Å². The van der Waals surface area contributed by atoms with Crippen LogP contribution in [-0.2, 0) is 4.79 Å². The summed E-state index contributed by atoms with van der Waals surface area (Å²) in [4.78, 5) is 23.0. The number of ether oxygens (including phenoxy) is 2. The molecule has 0 saturated carbocycles. The fraction of sp³-hybridized carbons (Fsp3) is 0.381. The minimum absolute atomic E-state index is 0.0285. The van der Waals surface area contributed by atoms with E-state index >= 15 is 0 Å². The maximum absolute atomic E-state index is 12.2. The number of hydrazine groups is 1.